The maximum atomic E-state index is 11.8. The third kappa shape index (κ3) is 6.40. The second kappa shape index (κ2) is 10.5. The van der Waals surface area contributed by atoms with E-state index in [1.165, 1.54) is 4.88 Å². The van der Waals surface area contributed by atoms with Crippen LogP contribution in [0.2, 0.25) is 0 Å². The van der Waals surface area contributed by atoms with E-state index < -0.39 is 5.97 Å². The molecule has 0 aliphatic rings. The summed E-state index contributed by atoms with van der Waals surface area (Å²) in [7, 11) is 3.13. The lowest BCUT2D eigenvalue weighted by atomic mass is 10.1. The number of hydrogen-bond acceptors (Lipinski definition) is 6. The average molecular weight is 377 g/mol. The van der Waals surface area contributed by atoms with Crippen LogP contribution < -0.4 is 14.8 Å². The summed E-state index contributed by atoms with van der Waals surface area (Å²) >= 11 is 1.65. The molecule has 1 amide bonds. The summed E-state index contributed by atoms with van der Waals surface area (Å²) < 4.78 is 15.4. The van der Waals surface area contributed by atoms with Gasteiger partial charge < -0.3 is 19.5 Å². The number of hydrogen-bond donors (Lipinski definition) is 1. The Bertz CT molecular complexity index is 715. The molecule has 140 valence electrons. The summed E-state index contributed by atoms with van der Waals surface area (Å²) in [6, 6.07) is 9.48. The van der Waals surface area contributed by atoms with Crippen molar-refractivity contribution in [3.05, 3.63) is 46.2 Å². The molecule has 0 spiro atoms. The fraction of sp³-hybridized carbons (Fsp3) is 0.368. The molecule has 1 aromatic heterocycles. The van der Waals surface area contributed by atoms with Crippen LogP contribution in [0.25, 0.3) is 0 Å². The van der Waals surface area contributed by atoms with Crippen LogP contribution in [0.3, 0.4) is 0 Å². The van der Waals surface area contributed by atoms with Gasteiger partial charge in [0.2, 0.25) is 0 Å². The summed E-state index contributed by atoms with van der Waals surface area (Å²) in [6.45, 7) is 0.276. The molecule has 0 radical (unpaired) electrons. The lowest BCUT2D eigenvalue weighted by Gasteiger charge is -2.09. The van der Waals surface area contributed by atoms with E-state index in [9.17, 15) is 9.59 Å². The van der Waals surface area contributed by atoms with Crippen LogP contribution in [-0.2, 0) is 27.2 Å². The van der Waals surface area contributed by atoms with Gasteiger partial charge in [0.15, 0.2) is 18.1 Å². The minimum Gasteiger partial charge on any atom is -0.493 e. The van der Waals surface area contributed by atoms with Crippen molar-refractivity contribution in [3.8, 4) is 11.5 Å². The van der Waals surface area contributed by atoms with Crippen molar-refractivity contribution >= 4 is 23.2 Å². The lowest BCUT2D eigenvalue weighted by Crippen LogP contribution is -2.30. The summed E-state index contributed by atoms with van der Waals surface area (Å²) in [5.74, 6) is 0.552. The lowest BCUT2D eigenvalue weighted by molar-refractivity contribution is -0.148. The molecule has 26 heavy (non-hydrogen) atoms. The molecule has 0 saturated carbocycles. The zero-order chi connectivity index (χ0) is 18.8. The second-order valence-corrected chi connectivity index (χ2v) is 6.56. The Morgan fingerprint density at radius 3 is 2.58 bits per heavy atom. The molecule has 1 heterocycles. The van der Waals surface area contributed by atoms with Crippen molar-refractivity contribution in [1.82, 2.24) is 5.32 Å². The molecule has 1 aromatic carbocycles. The molecule has 0 aliphatic heterocycles. The van der Waals surface area contributed by atoms with Crippen LogP contribution in [0.15, 0.2) is 35.7 Å². The smallest absolute Gasteiger partial charge is 0.306 e. The van der Waals surface area contributed by atoms with Crippen LogP contribution in [0.4, 0.5) is 0 Å². The third-order valence-corrected chi connectivity index (χ3v) is 4.64. The Balaban J connectivity index is 1.66. The van der Waals surface area contributed by atoms with Crippen molar-refractivity contribution in [1.29, 1.82) is 0 Å². The van der Waals surface area contributed by atoms with E-state index in [1.54, 1.807) is 31.6 Å². The van der Waals surface area contributed by atoms with Gasteiger partial charge in [-0.2, -0.15) is 0 Å². The van der Waals surface area contributed by atoms with E-state index in [-0.39, 0.29) is 18.9 Å². The highest BCUT2D eigenvalue weighted by Gasteiger charge is 2.10. The van der Waals surface area contributed by atoms with Gasteiger partial charge in [-0.25, -0.2) is 0 Å². The van der Waals surface area contributed by atoms with Crippen molar-refractivity contribution in [2.75, 3.05) is 27.4 Å². The van der Waals surface area contributed by atoms with E-state index in [0.29, 0.717) is 24.5 Å². The molecule has 0 bridgehead atoms. The molecular formula is C19H23NO5S. The first-order chi connectivity index (χ1) is 12.6. The molecule has 2 rings (SSSR count). The summed E-state index contributed by atoms with van der Waals surface area (Å²) in [4.78, 5) is 24.7. The largest absolute Gasteiger partial charge is 0.493 e. The maximum absolute atomic E-state index is 11.8. The molecule has 2 aromatic rings. The highest BCUT2D eigenvalue weighted by atomic mass is 32.1. The number of ether oxygens (including phenoxy) is 3. The zero-order valence-corrected chi connectivity index (χ0v) is 15.8. The van der Waals surface area contributed by atoms with Crippen LogP contribution in [0.5, 0.6) is 11.5 Å². The van der Waals surface area contributed by atoms with Crippen LogP contribution in [0, 0.1) is 0 Å². The van der Waals surface area contributed by atoms with Crippen LogP contribution in [-0.4, -0.2) is 39.2 Å². The van der Waals surface area contributed by atoms with Gasteiger partial charge in [-0.3, -0.25) is 9.59 Å². The second-order valence-electron chi connectivity index (χ2n) is 5.53. The summed E-state index contributed by atoms with van der Waals surface area (Å²) in [6.07, 6.45) is 1.47. The predicted octanol–water partition coefficient (Wildman–Crippen LogP) is 2.60. The minimum atomic E-state index is -0.409. The highest BCUT2D eigenvalue weighted by Crippen LogP contribution is 2.27. The molecule has 7 heteroatoms. The Labute approximate surface area is 157 Å². The van der Waals surface area contributed by atoms with E-state index in [0.717, 1.165) is 12.0 Å². The SMILES string of the molecule is COc1ccc(CCC(=O)OCC(=O)NCCc2cccs2)cc1OC. The van der Waals surface area contributed by atoms with Gasteiger partial charge in [-0.15, -0.1) is 11.3 Å². The molecule has 0 atom stereocenters. The van der Waals surface area contributed by atoms with E-state index in [4.69, 9.17) is 14.2 Å². The number of amides is 1. The van der Waals surface area contributed by atoms with Gasteiger partial charge in [0.25, 0.3) is 5.91 Å². The van der Waals surface area contributed by atoms with Crippen LogP contribution >= 0.6 is 11.3 Å². The maximum Gasteiger partial charge on any atom is 0.306 e. The number of nitrogens with one attached hydrogen (secondary N) is 1. The molecule has 6 nitrogen and oxygen atoms in total. The first-order valence-electron chi connectivity index (χ1n) is 8.28. The van der Waals surface area contributed by atoms with Crippen molar-refractivity contribution in [2.45, 2.75) is 19.3 Å². The normalized spacial score (nSPS) is 10.2. The monoisotopic (exact) mass is 377 g/mol. The first-order valence-corrected chi connectivity index (χ1v) is 9.16. The molecule has 0 saturated heterocycles. The van der Waals surface area contributed by atoms with Gasteiger partial charge in [0, 0.05) is 17.8 Å². The molecular weight excluding hydrogens is 354 g/mol. The van der Waals surface area contributed by atoms with Gasteiger partial charge in [-0.1, -0.05) is 12.1 Å². The number of methoxy groups -OCH3 is 2. The van der Waals surface area contributed by atoms with Crippen molar-refractivity contribution < 1.29 is 23.8 Å². The van der Waals surface area contributed by atoms with Crippen molar-refractivity contribution in [2.24, 2.45) is 0 Å². The van der Waals surface area contributed by atoms with E-state index >= 15 is 0 Å². The van der Waals surface area contributed by atoms with E-state index in [1.807, 2.05) is 29.6 Å². The number of carbonyl (C=O) groups excluding carboxylic acids is 2. The first kappa shape index (κ1) is 19.8. The van der Waals surface area contributed by atoms with Gasteiger partial charge in [-0.05, 0) is 42.0 Å². The van der Waals surface area contributed by atoms with Gasteiger partial charge in [0.05, 0.1) is 14.2 Å². The third-order valence-electron chi connectivity index (χ3n) is 3.70. The number of esters is 1. The summed E-state index contributed by atoms with van der Waals surface area (Å²) in [5.41, 5.74) is 0.931. The number of carbonyl (C=O) groups is 2. The number of rotatable bonds is 10. The Morgan fingerprint density at radius 1 is 1.08 bits per heavy atom. The van der Waals surface area contributed by atoms with E-state index in [2.05, 4.69) is 5.32 Å². The fourth-order valence-electron chi connectivity index (χ4n) is 2.33. The standard InChI is InChI=1S/C19H23NO5S/c1-23-16-7-5-14(12-17(16)24-2)6-8-19(22)25-13-18(21)20-10-9-15-4-3-11-26-15/h3-5,7,11-12H,6,8-10,13H2,1-2H3,(H,20,21). The fourth-order valence-corrected chi connectivity index (χ4v) is 3.04. The minimum absolute atomic E-state index is 0.192. The summed E-state index contributed by atoms with van der Waals surface area (Å²) in [5, 5.41) is 4.74. The molecule has 0 unspecified atom stereocenters. The molecule has 0 aliphatic carbocycles. The number of thiophene rings is 1. The quantitative estimate of drug-likeness (QED) is 0.644. The molecule has 1 N–H and O–H groups in total. The van der Waals surface area contributed by atoms with Crippen molar-refractivity contribution in [3.63, 3.8) is 0 Å². The Kier molecular flexibility index (Phi) is 7.95. The average Bonchev–Trinajstić information content (AvgIpc) is 3.17. The van der Waals surface area contributed by atoms with Gasteiger partial charge >= 0.3 is 5.97 Å². The highest BCUT2D eigenvalue weighted by molar-refractivity contribution is 7.09. The predicted molar refractivity (Wildman–Crippen MR) is 99.9 cm³/mol. The molecule has 0 fully saturated rings. The van der Waals surface area contributed by atoms with Crippen LogP contribution in [0.1, 0.15) is 16.9 Å². The van der Waals surface area contributed by atoms with Gasteiger partial charge in [0.1, 0.15) is 0 Å². The zero-order valence-electron chi connectivity index (χ0n) is 14.9. The Morgan fingerprint density at radius 2 is 1.88 bits per heavy atom. The Hall–Kier alpha value is -2.54. The number of benzene rings is 1. The topological polar surface area (TPSA) is 73.9 Å². The number of aryl methyl sites for hydroxylation is 1.